The highest BCUT2D eigenvalue weighted by Gasteiger charge is 2.15. The van der Waals surface area contributed by atoms with Crippen molar-refractivity contribution in [2.24, 2.45) is 0 Å². The van der Waals surface area contributed by atoms with Gasteiger partial charge in [0, 0.05) is 16.3 Å². The molecule has 0 aliphatic rings. The van der Waals surface area contributed by atoms with Crippen molar-refractivity contribution in [2.75, 3.05) is 5.32 Å². The topological polar surface area (TPSA) is 62.1 Å². The highest BCUT2D eigenvalue weighted by atomic mass is 35.5. The van der Waals surface area contributed by atoms with Gasteiger partial charge in [0.25, 0.3) is 5.91 Å². The fraction of sp³-hybridized carbons (Fsp3) is 0.120. The lowest BCUT2D eigenvalue weighted by Crippen LogP contribution is -2.14. The van der Waals surface area contributed by atoms with Crippen LogP contribution >= 0.6 is 23.2 Å². The molecule has 3 aromatic carbocycles. The van der Waals surface area contributed by atoms with E-state index in [1.807, 2.05) is 32.0 Å². The van der Waals surface area contributed by atoms with Gasteiger partial charge in [-0.15, -0.1) is 0 Å². The number of benzene rings is 3. The molecular weight excluding hydrogens is 450 g/mol. The summed E-state index contributed by atoms with van der Waals surface area (Å²) in [6.07, 6.45) is 1.37. The molecule has 1 N–H and O–H groups in total. The van der Waals surface area contributed by atoms with Crippen LogP contribution in [0.5, 0.6) is 5.75 Å². The molecule has 0 atom stereocenters. The van der Waals surface area contributed by atoms with Gasteiger partial charge in [-0.2, -0.15) is 5.26 Å². The fourth-order valence-electron chi connectivity index (χ4n) is 3.02. The number of hydrogen-bond acceptors (Lipinski definition) is 3. The van der Waals surface area contributed by atoms with Crippen LogP contribution in [0.3, 0.4) is 0 Å². The van der Waals surface area contributed by atoms with E-state index in [0.29, 0.717) is 16.3 Å². The van der Waals surface area contributed by atoms with Crippen molar-refractivity contribution in [1.29, 1.82) is 5.26 Å². The number of nitriles is 1. The molecule has 7 heteroatoms. The van der Waals surface area contributed by atoms with E-state index in [1.165, 1.54) is 24.3 Å². The third kappa shape index (κ3) is 5.88. The summed E-state index contributed by atoms with van der Waals surface area (Å²) in [6, 6.07) is 16.4. The molecule has 0 saturated heterocycles. The van der Waals surface area contributed by atoms with Gasteiger partial charge in [-0.3, -0.25) is 4.79 Å². The van der Waals surface area contributed by atoms with E-state index in [0.717, 1.165) is 16.7 Å². The summed E-state index contributed by atoms with van der Waals surface area (Å²) < 4.78 is 19.0. The summed E-state index contributed by atoms with van der Waals surface area (Å²) in [5.74, 6) is -0.664. The fourth-order valence-corrected chi connectivity index (χ4v) is 3.59. The second kappa shape index (κ2) is 10.3. The average molecular weight is 469 g/mol. The van der Waals surface area contributed by atoms with Crippen molar-refractivity contribution in [1.82, 2.24) is 0 Å². The molecule has 0 unspecified atom stereocenters. The summed E-state index contributed by atoms with van der Waals surface area (Å²) >= 11 is 12.4. The van der Waals surface area contributed by atoms with Gasteiger partial charge in [0.05, 0.1) is 5.02 Å². The maximum Gasteiger partial charge on any atom is 0.266 e. The largest absolute Gasteiger partial charge is 0.487 e. The van der Waals surface area contributed by atoms with Crippen LogP contribution < -0.4 is 10.1 Å². The maximum atomic E-state index is 13.1. The van der Waals surface area contributed by atoms with Crippen LogP contribution in [-0.2, 0) is 11.4 Å². The number of amides is 1. The van der Waals surface area contributed by atoms with Crippen LogP contribution in [-0.4, -0.2) is 5.91 Å². The Morgan fingerprint density at radius 2 is 1.84 bits per heavy atom. The van der Waals surface area contributed by atoms with Gasteiger partial charge in [-0.05, 0) is 61.4 Å². The minimum atomic E-state index is -0.569. The zero-order valence-electron chi connectivity index (χ0n) is 17.4. The number of ether oxygens (including phenoxy) is 1. The van der Waals surface area contributed by atoms with Crippen molar-refractivity contribution in [2.45, 2.75) is 20.5 Å². The van der Waals surface area contributed by atoms with Crippen LogP contribution in [0.15, 0.2) is 60.2 Å². The summed E-state index contributed by atoms with van der Waals surface area (Å²) in [4.78, 5) is 12.7. The first kappa shape index (κ1) is 23.3. The number of rotatable bonds is 6. The third-order valence-corrected chi connectivity index (χ3v) is 5.13. The van der Waals surface area contributed by atoms with Crippen molar-refractivity contribution < 1.29 is 13.9 Å². The predicted octanol–water partition coefficient (Wildman–Crippen LogP) is 6.87. The number of hydrogen-bond donors (Lipinski definition) is 1. The number of nitrogens with one attached hydrogen (secondary N) is 1. The molecule has 0 heterocycles. The molecule has 32 heavy (non-hydrogen) atoms. The molecule has 4 nitrogen and oxygen atoms in total. The molecule has 0 spiro atoms. The Kier molecular flexibility index (Phi) is 7.53. The Bertz CT molecular complexity index is 1230. The van der Waals surface area contributed by atoms with Crippen LogP contribution in [0, 0.1) is 31.0 Å². The molecule has 3 aromatic rings. The molecular formula is C25H19Cl2FN2O2. The van der Waals surface area contributed by atoms with E-state index in [4.69, 9.17) is 27.9 Å². The standard InChI is InChI=1S/C25H19Cl2FN2O2/c1-15-3-8-23(16(2)9-15)30-25(31)19(13-29)10-18-11-20(26)12-22(27)24(18)32-14-17-4-6-21(28)7-5-17/h3-12H,14H2,1-2H3,(H,30,31)/b19-10+. The minimum Gasteiger partial charge on any atom is -0.487 e. The normalized spacial score (nSPS) is 11.1. The van der Waals surface area contributed by atoms with Crippen LogP contribution in [0.4, 0.5) is 10.1 Å². The zero-order chi connectivity index (χ0) is 23.3. The van der Waals surface area contributed by atoms with E-state index >= 15 is 0 Å². The minimum absolute atomic E-state index is 0.110. The molecule has 0 fully saturated rings. The summed E-state index contributed by atoms with van der Waals surface area (Å²) in [7, 11) is 0. The highest BCUT2D eigenvalue weighted by Crippen LogP contribution is 2.34. The molecule has 162 valence electrons. The van der Waals surface area contributed by atoms with Gasteiger partial charge in [0.15, 0.2) is 0 Å². The van der Waals surface area contributed by atoms with Gasteiger partial charge >= 0.3 is 0 Å². The van der Waals surface area contributed by atoms with Crippen molar-refractivity contribution in [3.63, 3.8) is 0 Å². The lowest BCUT2D eigenvalue weighted by molar-refractivity contribution is -0.112. The van der Waals surface area contributed by atoms with Crippen LogP contribution in [0.2, 0.25) is 10.0 Å². The van der Waals surface area contributed by atoms with E-state index in [2.05, 4.69) is 5.32 Å². The lowest BCUT2D eigenvalue weighted by Gasteiger charge is -2.13. The molecule has 0 saturated carbocycles. The molecule has 3 rings (SSSR count). The van der Waals surface area contributed by atoms with E-state index in [9.17, 15) is 14.4 Å². The Morgan fingerprint density at radius 3 is 2.50 bits per heavy atom. The number of aryl methyl sites for hydroxylation is 2. The van der Waals surface area contributed by atoms with Crippen molar-refractivity contribution >= 4 is 40.9 Å². The maximum absolute atomic E-state index is 13.1. The second-order valence-corrected chi connectivity index (χ2v) is 8.01. The Labute approximate surface area is 195 Å². The molecule has 0 aliphatic heterocycles. The number of nitrogens with zero attached hydrogens (tertiary/aromatic N) is 1. The predicted molar refractivity (Wildman–Crippen MR) is 125 cm³/mol. The number of carbonyl (C=O) groups excluding carboxylic acids is 1. The van der Waals surface area contributed by atoms with Crippen LogP contribution in [0.1, 0.15) is 22.3 Å². The zero-order valence-corrected chi connectivity index (χ0v) is 18.9. The number of halogens is 3. The molecule has 0 bridgehead atoms. The second-order valence-electron chi connectivity index (χ2n) is 7.16. The Hall–Kier alpha value is -3.33. The van der Waals surface area contributed by atoms with Crippen molar-refractivity contribution in [3.05, 3.63) is 98.3 Å². The quantitative estimate of drug-likeness (QED) is 0.316. The number of anilines is 1. The van der Waals surface area contributed by atoms with Gasteiger partial charge in [-0.25, -0.2) is 4.39 Å². The average Bonchev–Trinajstić information content (AvgIpc) is 2.74. The summed E-state index contributed by atoms with van der Waals surface area (Å²) in [5.41, 5.74) is 3.50. The Balaban J connectivity index is 1.89. The van der Waals surface area contributed by atoms with E-state index in [1.54, 1.807) is 24.3 Å². The summed E-state index contributed by atoms with van der Waals surface area (Å²) in [5, 5.41) is 12.9. The molecule has 0 aromatic heterocycles. The third-order valence-electron chi connectivity index (χ3n) is 4.63. The molecule has 0 aliphatic carbocycles. The van der Waals surface area contributed by atoms with Gasteiger partial charge < -0.3 is 10.1 Å². The molecule has 0 radical (unpaired) electrons. The van der Waals surface area contributed by atoms with Gasteiger partial charge in [0.2, 0.25) is 0 Å². The first-order valence-electron chi connectivity index (χ1n) is 9.63. The van der Waals surface area contributed by atoms with Gasteiger partial charge in [-0.1, -0.05) is 53.0 Å². The lowest BCUT2D eigenvalue weighted by atomic mass is 10.1. The van der Waals surface area contributed by atoms with Crippen LogP contribution in [0.25, 0.3) is 6.08 Å². The van der Waals surface area contributed by atoms with E-state index in [-0.39, 0.29) is 28.8 Å². The van der Waals surface area contributed by atoms with Crippen molar-refractivity contribution in [3.8, 4) is 11.8 Å². The SMILES string of the molecule is Cc1ccc(NC(=O)/C(C#N)=C/c2cc(Cl)cc(Cl)c2OCc2ccc(F)cc2)c(C)c1. The first-order valence-corrected chi connectivity index (χ1v) is 10.4. The smallest absolute Gasteiger partial charge is 0.266 e. The monoisotopic (exact) mass is 468 g/mol. The number of carbonyl (C=O) groups is 1. The molecule has 1 amide bonds. The first-order chi connectivity index (χ1) is 15.3. The highest BCUT2D eigenvalue weighted by molar-refractivity contribution is 6.36. The summed E-state index contributed by atoms with van der Waals surface area (Å²) in [6.45, 7) is 3.94. The van der Waals surface area contributed by atoms with Gasteiger partial charge in [0.1, 0.15) is 29.8 Å². The Morgan fingerprint density at radius 1 is 1.12 bits per heavy atom. The van der Waals surface area contributed by atoms with E-state index < -0.39 is 5.91 Å².